The van der Waals surface area contributed by atoms with Crippen molar-refractivity contribution < 1.29 is 13.2 Å². The molecule has 0 unspecified atom stereocenters. The van der Waals surface area contributed by atoms with Crippen molar-refractivity contribution in [3.05, 3.63) is 93.5 Å². The van der Waals surface area contributed by atoms with Crippen LogP contribution < -0.4 is 5.32 Å². The summed E-state index contributed by atoms with van der Waals surface area (Å²) in [4.78, 5) is 13.0. The molecule has 8 heteroatoms. The first-order valence-corrected chi connectivity index (χ1v) is 12.2. The fourth-order valence-electron chi connectivity index (χ4n) is 3.25. The van der Waals surface area contributed by atoms with Crippen molar-refractivity contribution in [2.75, 3.05) is 18.4 Å². The lowest BCUT2D eigenvalue weighted by Gasteiger charge is -2.23. The van der Waals surface area contributed by atoms with Crippen LogP contribution in [0, 0.1) is 13.8 Å². The third-order valence-corrected chi connectivity index (χ3v) is 7.51. The van der Waals surface area contributed by atoms with E-state index < -0.39 is 15.9 Å². The van der Waals surface area contributed by atoms with Crippen molar-refractivity contribution in [2.45, 2.75) is 25.2 Å². The van der Waals surface area contributed by atoms with E-state index in [2.05, 4.69) is 5.32 Å². The van der Waals surface area contributed by atoms with Crippen molar-refractivity contribution in [3.63, 3.8) is 0 Å². The second kappa shape index (κ2) is 10.5. The van der Waals surface area contributed by atoms with E-state index in [1.54, 1.807) is 31.2 Å². The van der Waals surface area contributed by atoms with Gasteiger partial charge in [-0.15, -0.1) is 0 Å². The average Bonchev–Trinajstić information content (AvgIpc) is 2.75. The van der Waals surface area contributed by atoms with Crippen molar-refractivity contribution in [3.8, 4) is 0 Å². The Hall–Kier alpha value is -2.38. The third kappa shape index (κ3) is 6.11. The van der Waals surface area contributed by atoms with E-state index in [1.165, 1.54) is 10.4 Å². The molecule has 3 rings (SSSR count). The fourth-order valence-corrected chi connectivity index (χ4v) is 5.41. The SMILES string of the molecule is Cc1ccc(C)c(S(=O)(=O)N(CCc2ccccc2)CC(=O)Nc2ccc(Cl)cc2Cl)c1. The summed E-state index contributed by atoms with van der Waals surface area (Å²) in [6.45, 7) is 3.39. The molecule has 1 amide bonds. The molecule has 0 saturated carbocycles. The number of sulfonamides is 1. The number of nitrogens with one attached hydrogen (secondary N) is 1. The fraction of sp³-hybridized carbons (Fsp3) is 0.208. The van der Waals surface area contributed by atoms with E-state index in [1.807, 2.05) is 43.3 Å². The number of rotatable bonds is 8. The molecule has 0 atom stereocenters. The predicted molar refractivity (Wildman–Crippen MR) is 130 cm³/mol. The van der Waals surface area contributed by atoms with E-state index in [0.717, 1.165) is 11.1 Å². The van der Waals surface area contributed by atoms with Crippen LogP contribution in [0.4, 0.5) is 5.69 Å². The number of nitrogens with zero attached hydrogens (tertiary/aromatic N) is 1. The molecular formula is C24H24Cl2N2O3S. The number of hydrogen-bond donors (Lipinski definition) is 1. The molecule has 0 aliphatic heterocycles. The van der Waals surface area contributed by atoms with Crippen LogP contribution in [0.2, 0.25) is 10.0 Å². The monoisotopic (exact) mass is 490 g/mol. The van der Waals surface area contributed by atoms with E-state index >= 15 is 0 Å². The molecule has 5 nitrogen and oxygen atoms in total. The molecule has 0 bridgehead atoms. The molecule has 0 aromatic heterocycles. The topological polar surface area (TPSA) is 66.5 Å². The van der Waals surface area contributed by atoms with Crippen molar-refractivity contribution in [1.29, 1.82) is 0 Å². The zero-order valence-corrected chi connectivity index (χ0v) is 20.1. The number of halogens is 2. The van der Waals surface area contributed by atoms with Crippen molar-refractivity contribution >= 4 is 44.8 Å². The van der Waals surface area contributed by atoms with Crippen LogP contribution in [-0.4, -0.2) is 31.7 Å². The summed E-state index contributed by atoms with van der Waals surface area (Å²) in [6.07, 6.45) is 0.472. The summed E-state index contributed by atoms with van der Waals surface area (Å²) in [5.74, 6) is -0.490. The lowest BCUT2D eigenvalue weighted by Crippen LogP contribution is -2.39. The third-order valence-electron chi connectivity index (χ3n) is 4.98. The van der Waals surface area contributed by atoms with E-state index in [4.69, 9.17) is 23.2 Å². The smallest absolute Gasteiger partial charge is 0.243 e. The van der Waals surface area contributed by atoms with Gasteiger partial charge in [0.1, 0.15) is 0 Å². The number of hydrogen-bond acceptors (Lipinski definition) is 3. The molecule has 0 spiro atoms. The summed E-state index contributed by atoms with van der Waals surface area (Å²) in [6, 6.07) is 19.5. The van der Waals surface area contributed by atoms with Crippen LogP contribution in [0.1, 0.15) is 16.7 Å². The van der Waals surface area contributed by atoms with E-state index in [0.29, 0.717) is 22.7 Å². The van der Waals surface area contributed by atoms with Crippen LogP contribution >= 0.6 is 23.2 Å². The molecule has 3 aromatic rings. The van der Waals surface area contributed by atoms with Gasteiger partial charge in [-0.1, -0.05) is 65.7 Å². The molecular weight excluding hydrogens is 467 g/mol. The Bertz CT molecular complexity index is 1220. The number of anilines is 1. The van der Waals surface area contributed by atoms with Gasteiger partial charge in [-0.05, 0) is 61.2 Å². The first-order chi connectivity index (χ1) is 15.2. The zero-order chi connectivity index (χ0) is 23.3. The molecule has 0 saturated heterocycles. The summed E-state index contributed by atoms with van der Waals surface area (Å²) >= 11 is 12.1. The van der Waals surface area contributed by atoms with Crippen molar-refractivity contribution in [1.82, 2.24) is 4.31 Å². The molecule has 1 N–H and O–H groups in total. The van der Waals surface area contributed by atoms with Gasteiger partial charge in [-0.3, -0.25) is 4.79 Å². The number of amides is 1. The Labute approximate surface area is 199 Å². The number of carbonyl (C=O) groups excluding carboxylic acids is 1. The zero-order valence-electron chi connectivity index (χ0n) is 17.8. The minimum Gasteiger partial charge on any atom is -0.324 e. The summed E-state index contributed by atoms with van der Waals surface area (Å²) in [5, 5.41) is 3.40. The molecule has 0 fully saturated rings. The van der Waals surface area contributed by atoms with Crippen LogP contribution in [0.3, 0.4) is 0 Å². The highest BCUT2D eigenvalue weighted by Gasteiger charge is 2.28. The van der Waals surface area contributed by atoms with Gasteiger partial charge in [0.25, 0.3) is 0 Å². The van der Waals surface area contributed by atoms with Gasteiger partial charge in [-0.25, -0.2) is 8.42 Å². The molecule has 0 radical (unpaired) electrons. The highest BCUT2D eigenvalue weighted by Crippen LogP contribution is 2.26. The minimum absolute atomic E-state index is 0.154. The Morgan fingerprint density at radius 1 is 0.969 bits per heavy atom. The number of aryl methyl sites for hydroxylation is 2. The van der Waals surface area contributed by atoms with Gasteiger partial charge < -0.3 is 5.32 Å². The van der Waals surface area contributed by atoms with Gasteiger partial charge in [0, 0.05) is 11.6 Å². The van der Waals surface area contributed by atoms with Crippen molar-refractivity contribution in [2.24, 2.45) is 0 Å². The molecule has 3 aromatic carbocycles. The Morgan fingerprint density at radius 2 is 1.69 bits per heavy atom. The first-order valence-electron chi connectivity index (χ1n) is 10.0. The highest BCUT2D eigenvalue weighted by atomic mass is 35.5. The van der Waals surface area contributed by atoms with E-state index in [9.17, 15) is 13.2 Å². The maximum Gasteiger partial charge on any atom is 0.243 e. The Balaban J connectivity index is 1.87. The maximum atomic E-state index is 13.5. The molecule has 0 aliphatic rings. The molecule has 32 heavy (non-hydrogen) atoms. The summed E-state index contributed by atoms with van der Waals surface area (Å²) in [7, 11) is -3.91. The van der Waals surface area contributed by atoms with Gasteiger partial charge in [0.05, 0.1) is 22.2 Å². The second-order valence-corrected chi connectivity index (χ2v) is 10.3. The Kier molecular flexibility index (Phi) is 7.96. The predicted octanol–water partition coefficient (Wildman–Crippen LogP) is 5.48. The quantitative estimate of drug-likeness (QED) is 0.454. The molecule has 0 heterocycles. The normalized spacial score (nSPS) is 11.5. The lowest BCUT2D eigenvalue weighted by molar-refractivity contribution is -0.116. The standard InChI is InChI=1S/C24H24Cl2N2O3S/c1-17-8-9-18(2)23(14-17)32(30,31)28(13-12-19-6-4-3-5-7-19)16-24(29)27-22-11-10-20(25)15-21(22)26/h3-11,14-15H,12-13,16H2,1-2H3,(H,27,29). The second-order valence-electron chi connectivity index (χ2n) is 7.52. The maximum absolute atomic E-state index is 13.5. The number of benzene rings is 3. The van der Waals surface area contributed by atoms with E-state index in [-0.39, 0.29) is 23.0 Å². The summed E-state index contributed by atoms with van der Waals surface area (Å²) < 4.78 is 28.3. The van der Waals surface area contributed by atoms with Gasteiger partial charge in [0.2, 0.25) is 15.9 Å². The largest absolute Gasteiger partial charge is 0.324 e. The van der Waals surface area contributed by atoms with Gasteiger partial charge in [0.15, 0.2) is 0 Å². The van der Waals surface area contributed by atoms with Crippen LogP contribution in [0.5, 0.6) is 0 Å². The van der Waals surface area contributed by atoms with Crippen LogP contribution in [-0.2, 0) is 21.2 Å². The average molecular weight is 491 g/mol. The molecule has 0 aliphatic carbocycles. The van der Waals surface area contributed by atoms with Crippen LogP contribution in [0.15, 0.2) is 71.6 Å². The van der Waals surface area contributed by atoms with Gasteiger partial charge in [-0.2, -0.15) is 4.31 Å². The highest BCUT2D eigenvalue weighted by molar-refractivity contribution is 7.89. The van der Waals surface area contributed by atoms with Crippen LogP contribution in [0.25, 0.3) is 0 Å². The van der Waals surface area contributed by atoms with Gasteiger partial charge >= 0.3 is 0 Å². The Morgan fingerprint density at radius 3 is 2.38 bits per heavy atom. The molecule has 168 valence electrons. The lowest BCUT2D eigenvalue weighted by atomic mass is 10.1. The first kappa shape index (κ1) is 24.3. The number of carbonyl (C=O) groups is 1. The summed E-state index contributed by atoms with van der Waals surface area (Å²) in [5.41, 5.74) is 2.80. The minimum atomic E-state index is -3.91.